The fourth-order valence-electron chi connectivity index (χ4n) is 4.18. The Morgan fingerprint density at radius 1 is 0.947 bits per heavy atom. The van der Waals surface area contributed by atoms with E-state index >= 15 is 0 Å². The van der Waals surface area contributed by atoms with Gasteiger partial charge < -0.3 is 9.47 Å². The summed E-state index contributed by atoms with van der Waals surface area (Å²) in [6, 6.07) is 12.1. The number of aryl methyl sites for hydroxylation is 2. The average molecular weight is 535 g/mol. The van der Waals surface area contributed by atoms with Crippen molar-refractivity contribution in [3.63, 3.8) is 0 Å². The maximum atomic E-state index is 13.1. The van der Waals surface area contributed by atoms with Crippen LogP contribution in [-0.2, 0) is 25.9 Å². The molecular weight excluding hydrogens is 512 g/mol. The highest BCUT2D eigenvalue weighted by Gasteiger charge is 2.29. The summed E-state index contributed by atoms with van der Waals surface area (Å²) in [7, 11) is 6.06. The zero-order valence-corrected chi connectivity index (χ0v) is 22.0. The molecule has 0 radical (unpaired) electrons. The van der Waals surface area contributed by atoms with Gasteiger partial charge in [0.1, 0.15) is 0 Å². The summed E-state index contributed by atoms with van der Waals surface area (Å²) in [4.78, 5) is 42.4. The van der Waals surface area contributed by atoms with Gasteiger partial charge in [-0.3, -0.25) is 23.3 Å². The molecule has 0 saturated carbocycles. The van der Waals surface area contributed by atoms with Crippen LogP contribution in [0.3, 0.4) is 0 Å². The monoisotopic (exact) mass is 534 g/mol. The van der Waals surface area contributed by atoms with Crippen LogP contribution in [0.15, 0.2) is 62.7 Å². The van der Waals surface area contributed by atoms with Gasteiger partial charge in [0.15, 0.2) is 22.7 Å². The molecule has 0 N–H and O–H groups in total. The van der Waals surface area contributed by atoms with Crippen LogP contribution in [0.4, 0.5) is 5.69 Å². The Morgan fingerprint density at radius 3 is 2.42 bits per heavy atom. The van der Waals surface area contributed by atoms with Crippen LogP contribution in [0.5, 0.6) is 17.5 Å². The Kier molecular flexibility index (Phi) is 6.15. The van der Waals surface area contributed by atoms with Crippen LogP contribution in [0, 0.1) is 0 Å². The standard InChI is InChI=1S/C26H23ClN6O5/c1-14-18(23(34)33(29-14)17-8-6-7-16(27)13-17)11-15-9-10-19(20(12-15)37-5)38-25-28-22-21(30(25)2)24(35)32(4)26(36)31(22)3/h6-13H,1-5H3/b18-11-. The third-order valence-electron chi connectivity index (χ3n) is 6.25. The quantitative estimate of drug-likeness (QED) is 0.363. The van der Waals surface area contributed by atoms with E-state index in [2.05, 4.69) is 10.1 Å². The highest BCUT2D eigenvalue weighted by Crippen LogP contribution is 2.34. The number of halogens is 1. The topological polar surface area (TPSA) is 113 Å². The molecule has 0 unspecified atom stereocenters. The number of rotatable bonds is 5. The zero-order valence-electron chi connectivity index (χ0n) is 21.2. The lowest BCUT2D eigenvalue weighted by molar-refractivity contribution is -0.114. The van der Waals surface area contributed by atoms with Crippen LogP contribution in [0.25, 0.3) is 17.2 Å². The fraction of sp³-hybridized carbons (Fsp3) is 0.192. The van der Waals surface area contributed by atoms with Crippen molar-refractivity contribution in [1.29, 1.82) is 0 Å². The molecule has 3 heterocycles. The molecule has 12 heteroatoms. The van der Waals surface area contributed by atoms with Gasteiger partial charge in [-0.25, -0.2) is 4.79 Å². The van der Waals surface area contributed by atoms with Gasteiger partial charge in [-0.2, -0.15) is 15.1 Å². The smallest absolute Gasteiger partial charge is 0.332 e. The average Bonchev–Trinajstić information content (AvgIpc) is 3.38. The van der Waals surface area contributed by atoms with Crippen molar-refractivity contribution < 1.29 is 14.3 Å². The Bertz CT molecular complexity index is 1810. The number of aromatic nitrogens is 4. The number of benzene rings is 2. The van der Waals surface area contributed by atoms with Crippen molar-refractivity contribution in [2.24, 2.45) is 26.2 Å². The number of ether oxygens (including phenoxy) is 2. The van der Waals surface area contributed by atoms with Gasteiger partial charge in [0.2, 0.25) is 0 Å². The van der Waals surface area contributed by atoms with E-state index in [0.717, 1.165) is 4.57 Å². The Balaban J connectivity index is 1.48. The molecule has 0 atom stereocenters. The second kappa shape index (κ2) is 9.34. The number of amides is 1. The second-order valence-electron chi connectivity index (χ2n) is 8.68. The first-order valence-corrected chi connectivity index (χ1v) is 11.8. The van der Waals surface area contributed by atoms with Crippen molar-refractivity contribution in [3.8, 4) is 17.5 Å². The minimum absolute atomic E-state index is 0.105. The van der Waals surface area contributed by atoms with Gasteiger partial charge in [0.05, 0.1) is 24.1 Å². The summed E-state index contributed by atoms with van der Waals surface area (Å²) in [5.74, 6) is 0.425. The molecule has 0 aliphatic carbocycles. The Hall–Kier alpha value is -4.64. The lowest BCUT2D eigenvalue weighted by Gasteiger charge is -2.12. The van der Waals surface area contributed by atoms with E-state index in [1.54, 1.807) is 62.5 Å². The summed E-state index contributed by atoms with van der Waals surface area (Å²) < 4.78 is 15.3. The van der Waals surface area contributed by atoms with Crippen LogP contribution in [0.1, 0.15) is 12.5 Å². The molecule has 1 aliphatic heterocycles. The Labute approximate surface area is 221 Å². The lowest BCUT2D eigenvalue weighted by atomic mass is 10.1. The van der Waals surface area contributed by atoms with Crippen LogP contribution in [-0.4, -0.2) is 37.4 Å². The maximum absolute atomic E-state index is 13.1. The van der Waals surface area contributed by atoms with E-state index in [1.807, 2.05) is 0 Å². The Morgan fingerprint density at radius 2 is 1.71 bits per heavy atom. The van der Waals surface area contributed by atoms with Crippen LogP contribution < -0.4 is 25.7 Å². The molecular formula is C26H23ClN6O5. The van der Waals surface area contributed by atoms with Gasteiger partial charge in [0.25, 0.3) is 11.5 Å². The van der Waals surface area contributed by atoms with Gasteiger partial charge in [-0.15, -0.1) is 0 Å². The molecule has 194 valence electrons. The number of fused-ring (bicyclic) bond motifs is 1. The van der Waals surface area contributed by atoms with E-state index < -0.39 is 11.2 Å². The second-order valence-corrected chi connectivity index (χ2v) is 9.12. The van der Waals surface area contributed by atoms with E-state index in [0.29, 0.717) is 39.1 Å². The largest absolute Gasteiger partial charge is 0.493 e. The van der Waals surface area contributed by atoms with E-state index in [9.17, 15) is 14.4 Å². The normalized spacial score (nSPS) is 14.5. The van der Waals surface area contributed by atoms with Crippen molar-refractivity contribution in [3.05, 3.63) is 79.5 Å². The fourth-order valence-corrected chi connectivity index (χ4v) is 4.36. The molecule has 4 aromatic rings. The molecule has 1 amide bonds. The van der Waals surface area contributed by atoms with E-state index in [-0.39, 0.29) is 23.1 Å². The number of hydrazone groups is 1. The molecule has 0 spiro atoms. The third-order valence-corrected chi connectivity index (χ3v) is 6.48. The van der Waals surface area contributed by atoms with Crippen molar-refractivity contribution in [2.45, 2.75) is 6.92 Å². The molecule has 1 aliphatic rings. The van der Waals surface area contributed by atoms with Gasteiger partial charge in [-0.05, 0) is 48.9 Å². The number of hydrogen-bond acceptors (Lipinski definition) is 7. The first-order chi connectivity index (χ1) is 18.1. The summed E-state index contributed by atoms with van der Waals surface area (Å²) in [6.45, 7) is 1.76. The first kappa shape index (κ1) is 25.0. The summed E-state index contributed by atoms with van der Waals surface area (Å²) in [6.07, 6.45) is 1.71. The predicted molar refractivity (Wildman–Crippen MR) is 144 cm³/mol. The number of methoxy groups -OCH3 is 1. The predicted octanol–water partition coefficient (Wildman–Crippen LogP) is 3.23. The van der Waals surface area contributed by atoms with Crippen molar-refractivity contribution in [1.82, 2.24) is 18.7 Å². The molecule has 2 aromatic heterocycles. The number of carbonyl (C=O) groups is 1. The minimum atomic E-state index is -0.489. The van der Waals surface area contributed by atoms with Crippen LogP contribution in [0.2, 0.25) is 5.02 Å². The minimum Gasteiger partial charge on any atom is -0.493 e. The number of imidazole rings is 1. The number of anilines is 1. The zero-order chi connectivity index (χ0) is 27.3. The van der Waals surface area contributed by atoms with Crippen molar-refractivity contribution >= 4 is 46.1 Å². The number of nitrogens with zero attached hydrogens (tertiary/aromatic N) is 6. The third kappa shape index (κ3) is 4.06. The SMILES string of the molecule is COc1cc(/C=C2\C(=O)N(c3cccc(Cl)c3)N=C2C)ccc1Oc1nc2c(c(=O)n(C)c(=O)n2C)n1C. The highest BCUT2D eigenvalue weighted by atomic mass is 35.5. The molecule has 38 heavy (non-hydrogen) atoms. The number of hydrogen-bond donors (Lipinski definition) is 0. The first-order valence-electron chi connectivity index (χ1n) is 11.5. The molecule has 2 aromatic carbocycles. The van der Waals surface area contributed by atoms with Crippen molar-refractivity contribution in [2.75, 3.05) is 12.1 Å². The molecule has 11 nitrogen and oxygen atoms in total. The summed E-state index contributed by atoms with van der Waals surface area (Å²) in [5.41, 5.74) is 1.69. The van der Waals surface area contributed by atoms with Gasteiger partial charge in [0, 0.05) is 26.2 Å². The summed E-state index contributed by atoms with van der Waals surface area (Å²) in [5, 5.41) is 6.20. The van der Waals surface area contributed by atoms with Gasteiger partial charge in [-0.1, -0.05) is 23.7 Å². The lowest BCUT2D eigenvalue weighted by Crippen LogP contribution is -2.37. The molecule has 0 saturated heterocycles. The number of carbonyl (C=O) groups excluding carboxylic acids is 1. The highest BCUT2D eigenvalue weighted by molar-refractivity contribution is 6.33. The van der Waals surface area contributed by atoms with Crippen LogP contribution >= 0.6 is 11.6 Å². The molecule has 0 bridgehead atoms. The molecule has 0 fully saturated rings. The van der Waals surface area contributed by atoms with E-state index in [1.165, 1.54) is 35.3 Å². The van der Waals surface area contributed by atoms with E-state index in [4.69, 9.17) is 21.1 Å². The molecule has 5 rings (SSSR count). The summed E-state index contributed by atoms with van der Waals surface area (Å²) >= 11 is 6.08. The van der Waals surface area contributed by atoms with Gasteiger partial charge >= 0.3 is 11.7 Å². The maximum Gasteiger partial charge on any atom is 0.332 e.